The third-order valence-corrected chi connectivity index (χ3v) is 2.98. The van der Waals surface area contributed by atoms with E-state index in [1.54, 1.807) is 48.5 Å². The number of carbonyl (C=O) groups is 1. The summed E-state index contributed by atoms with van der Waals surface area (Å²) >= 11 is 0. The summed E-state index contributed by atoms with van der Waals surface area (Å²) in [6, 6.07) is 13.7. The van der Waals surface area contributed by atoms with Crippen molar-refractivity contribution >= 4 is 5.97 Å². The lowest BCUT2D eigenvalue weighted by Gasteiger charge is -2.08. The third-order valence-electron chi connectivity index (χ3n) is 2.98. The van der Waals surface area contributed by atoms with Crippen molar-refractivity contribution in [2.24, 2.45) is 0 Å². The van der Waals surface area contributed by atoms with Crippen LogP contribution in [-0.4, -0.2) is 23.3 Å². The van der Waals surface area contributed by atoms with Crippen LogP contribution in [0.25, 0.3) is 11.5 Å². The number of nitrogens with zero attached hydrogens (tertiary/aromatic N) is 2. The average molecular weight is 296 g/mol. The Morgan fingerprint density at radius 1 is 1.09 bits per heavy atom. The maximum Gasteiger partial charge on any atom is 0.343 e. The highest BCUT2D eigenvalue weighted by Crippen LogP contribution is 2.27. The van der Waals surface area contributed by atoms with Gasteiger partial charge < -0.3 is 13.9 Å². The molecule has 0 radical (unpaired) electrons. The SMILES string of the molecule is COc1ccccc1OC(=O)c1cccc(-c2nnco2)c1. The Bertz CT molecular complexity index is 784. The lowest BCUT2D eigenvalue weighted by atomic mass is 10.1. The highest BCUT2D eigenvalue weighted by atomic mass is 16.6. The van der Waals surface area contributed by atoms with Crippen LogP contribution in [0.5, 0.6) is 11.5 Å². The van der Waals surface area contributed by atoms with Crippen molar-refractivity contribution < 1.29 is 18.7 Å². The van der Waals surface area contributed by atoms with E-state index in [2.05, 4.69) is 10.2 Å². The zero-order chi connectivity index (χ0) is 15.4. The van der Waals surface area contributed by atoms with E-state index < -0.39 is 5.97 Å². The third kappa shape index (κ3) is 2.80. The zero-order valence-electron chi connectivity index (χ0n) is 11.7. The number of methoxy groups -OCH3 is 1. The van der Waals surface area contributed by atoms with E-state index in [4.69, 9.17) is 13.9 Å². The molecule has 0 unspecified atom stereocenters. The van der Waals surface area contributed by atoms with Gasteiger partial charge in [0, 0.05) is 5.56 Å². The summed E-state index contributed by atoms with van der Waals surface area (Å²) in [4.78, 5) is 12.3. The van der Waals surface area contributed by atoms with E-state index in [9.17, 15) is 4.79 Å². The molecule has 0 N–H and O–H groups in total. The van der Waals surface area contributed by atoms with E-state index >= 15 is 0 Å². The number of hydrogen-bond acceptors (Lipinski definition) is 6. The minimum atomic E-state index is -0.495. The molecule has 6 nitrogen and oxygen atoms in total. The first kappa shape index (κ1) is 13.8. The van der Waals surface area contributed by atoms with Crippen molar-refractivity contribution in [3.63, 3.8) is 0 Å². The molecule has 0 saturated heterocycles. The maximum absolute atomic E-state index is 12.3. The molecule has 2 aromatic carbocycles. The number of ether oxygens (including phenoxy) is 2. The average Bonchev–Trinajstić information content (AvgIpc) is 3.10. The molecule has 0 fully saturated rings. The summed E-state index contributed by atoms with van der Waals surface area (Å²) < 4.78 is 15.6. The Hall–Kier alpha value is -3.15. The van der Waals surface area contributed by atoms with E-state index in [-0.39, 0.29) is 0 Å². The molecule has 110 valence electrons. The van der Waals surface area contributed by atoms with Gasteiger partial charge in [0.25, 0.3) is 0 Å². The van der Waals surface area contributed by atoms with Gasteiger partial charge in [0.05, 0.1) is 12.7 Å². The zero-order valence-corrected chi connectivity index (χ0v) is 11.7. The van der Waals surface area contributed by atoms with Gasteiger partial charge in [-0.15, -0.1) is 10.2 Å². The molecule has 0 atom stereocenters. The molecule has 0 saturated carbocycles. The summed E-state index contributed by atoms with van der Waals surface area (Å²) in [6.45, 7) is 0. The number of rotatable bonds is 4. The molecule has 1 aromatic heterocycles. The first-order chi connectivity index (χ1) is 10.8. The first-order valence-electron chi connectivity index (χ1n) is 6.50. The normalized spacial score (nSPS) is 10.2. The Kier molecular flexibility index (Phi) is 3.82. The van der Waals surface area contributed by atoms with Crippen molar-refractivity contribution in [2.45, 2.75) is 0 Å². The Labute approximate surface area is 126 Å². The Balaban J connectivity index is 1.85. The van der Waals surface area contributed by atoms with Gasteiger partial charge in [0.2, 0.25) is 12.3 Å². The van der Waals surface area contributed by atoms with E-state index in [0.29, 0.717) is 28.5 Å². The van der Waals surface area contributed by atoms with Gasteiger partial charge in [-0.2, -0.15) is 0 Å². The van der Waals surface area contributed by atoms with Crippen LogP contribution in [0.4, 0.5) is 0 Å². The summed E-state index contributed by atoms with van der Waals surface area (Å²) in [5.41, 5.74) is 1.02. The van der Waals surface area contributed by atoms with E-state index in [1.165, 1.54) is 13.5 Å². The van der Waals surface area contributed by atoms with Gasteiger partial charge in [0.1, 0.15) is 0 Å². The van der Waals surface area contributed by atoms with Crippen LogP contribution >= 0.6 is 0 Å². The van der Waals surface area contributed by atoms with Crippen molar-refractivity contribution in [3.8, 4) is 23.0 Å². The predicted molar refractivity (Wildman–Crippen MR) is 77.7 cm³/mol. The Morgan fingerprint density at radius 2 is 1.91 bits per heavy atom. The maximum atomic E-state index is 12.3. The highest BCUT2D eigenvalue weighted by Gasteiger charge is 2.13. The van der Waals surface area contributed by atoms with Crippen molar-refractivity contribution in [3.05, 3.63) is 60.5 Å². The number of hydrogen-bond donors (Lipinski definition) is 0. The molecule has 0 amide bonds. The van der Waals surface area contributed by atoms with Crippen LogP contribution in [0.1, 0.15) is 10.4 Å². The van der Waals surface area contributed by atoms with Crippen molar-refractivity contribution in [1.29, 1.82) is 0 Å². The second-order valence-electron chi connectivity index (χ2n) is 4.37. The number of para-hydroxylation sites is 2. The molecule has 0 bridgehead atoms. The summed E-state index contributed by atoms with van der Waals surface area (Å²) in [6.07, 6.45) is 1.23. The van der Waals surface area contributed by atoms with Gasteiger partial charge in [-0.1, -0.05) is 18.2 Å². The van der Waals surface area contributed by atoms with Gasteiger partial charge in [-0.3, -0.25) is 0 Å². The first-order valence-corrected chi connectivity index (χ1v) is 6.50. The molecule has 0 aliphatic carbocycles. The van der Waals surface area contributed by atoms with Crippen LogP contribution in [0.2, 0.25) is 0 Å². The largest absolute Gasteiger partial charge is 0.493 e. The number of aromatic nitrogens is 2. The summed E-state index contributed by atoms with van der Waals surface area (Å²) in [7, 11) is 1.52. The minimum absolute atomic E-state index is 0.340. The smallest absolute Gasteiger partial charge is 0.343 e. The molecule has 3 aromatic rings. The van der Waals surface area contributed by atoms with E-state index in [0.717, 1.165) is 0 Å². The topological polar surface area (TPSA) is 74.5 Å². The molecule has 22 heavy (non-hydrogen) atoms. The molecule has 1 heterocycles. The standard InChI is InChI=1S/C16H12N2O4/c1-20-13-7-2-3-8-14(13)22-16(19)12-6-4-5-11(9-12)15-18-17-10-21-15/h2-10H,1H3. The number of carbonyl (C=O) groups excluding carboxylic acids is 1. The van der Waals surface area contributed by atoms with Crippen LogP contribution in [0, 0.1) is 0 Å². The van der Waals surface area contributed by atoms with Gasteiger partial charge >= 0.3 is 5.97 Å². The lowest BCUT2D eigenvalue weighted by molar-refractivity contribution is 0.0730. The van der Waals surface area contributed by atoms with Gasteiger partial charge in [0.15, 0.2) is 11.5 Å². The van der Waals surface area contributed by atoms with Crippen LogP contribution in [-0.2, 0) is 0 Å². The molecule has 6 heteroatoms. The highest BCUT2D eigenvalue weighted by molar-refractivity contribution is 5.92. The van der Waals surface area contributed by atoms with Gasteiger partial charge in [-0.05, 0) is 30.3 Å². The predicted octanol–water partition coefficient (Wildman–Crippen LogP) is 2.96. The lowest BCUT2D eigenvalue weighted by Crippen LogP contribution is -2.09. The van der Waals surface area contributed by atoms with Crippen molar-refractivity contribution in [2.75, 3.05) is 7.11 Å². The van der Waals surface area contributed by atoms with Crippen molar-refractivity contribution in [1.82, 2.24) is 10.2 Å². The minimum Gasteiger partial charge on any atom is -0.493 e. The molecule has 3 rings (SSSR count). The van der Waals surface area contributed by atoms with Gasteiger partial charge in [-0.25, -0.2) is 4.79 Å². The fraction of sp³-hybridized carbons (Fsp3) is 0.0625. The fourth-order valence-electron chi connectivity index (χ4n) is 1.94. The fourth-order valence-corrected chi connectivity index (χ4v) is 1.94. The second-order valence-corrected chi connectivity index (χ2v) is 4.37. The molecule has 0 aliphatic heterocycles. The molecular formula is C16H12N2O4. The molecular weight excluding hydrogens is 284 g/mol. The second kappa shape index (κ2) is 6.09. The monoisotopic (exact) mass is 296 g/mol. The molecule has 0 aliphatic rings. The van der Waals surface area contributed by atoms with Crippen LogP contribution < -0.4 is 9.47 Å². The summed E-state index contributed by atoms with van der Waals surface area (Å²) in [5.74, 6) is 0.694. The molecule has 0 spiro atoms. The van der Waals surface area contributed by atoms with E-state index in [1.807, 2.05) is 0 Å². The Morgan fingerprint density at radius 3 is 2.64 bits per heavy atom. The summed E-state index contributed by atoms with van der Waals surface area (Å²) in [5, 5.41) is 7.42. The quantitative estimate of drug-likeness (QED) is 0.544. The number of esters is 1. The number of benzene rings is 2. The van der Waals surface area contributed by atoms with Crippen LogP contribution in [0.3, 0.4) is 0 Å². The van der Waals surface area contributed by atoms with Crippen LogP contribution in [0.15, 0.2) is 59.3 Å².